The first kappa shape index (κ1) is 22.3. The Balaban J connectivity index is 1.80. The molecule has 31 heavy (non-hydrogen) atoms. The average Bonchev–Trinajstić information content (AvgIpc) is 2.80. The highest BCUT2D eigenvalue weighted by molar-refractivity contribution is 5.79. The topological polar surface area (TPSA) is 47.3 Å². The lowest BCUT2D eigenvalue weighted by Crippen LogP contribution is -2.42. The summed E-state index contributed by atoms with van der Waals surface area (Å²) in [7, 11) is 1.88. The van der Waals surface area contributed by atoms with Gasteiger partial charge in [0.15, 0.2) is 0 Å². The molecule has 0 radical (unpaired) electrons. The van der Waals surface area contributed by atoms with E-state index >= 15 is 0 Å². The summed E-state index contributed by atoms with van der Waals surface area (Å²) in [6, 6.07) is 30.1. The number of nitrogens with zero attached hydrogens (tertiary/aromatic N) is 3. The molecule has 4 nitrogen and oxygen atoms in total. The van der Waals surface area contributed by atoms with Crippen molar-refractivity contribution in [1.29, 1.82) is 5.26 Å². The van der Waals surface area contributed by atoms with Crippen LogP contribution in [0.5, 0.6) is 0 Å². The molecule has 158 valence electrons. The van der Waals surface area contributed by atoms with Crippen molar-refractivity contribution in [2.24, 2.45) is 0 Å². The molecular formula is C27H29N3O. The molecule has 3 aromatic carbocycles. The summed E-state index contributed by atoms with van der Waals surface area (Å²) in [4.78, 5) is 17.4. The van der Waals surface area contributed by atoms with Crippen LogP contribution < -0.4 is 0 Å². The summed E-state index contributed by atoms with van der Waals surface area (Å²) in [6.07, 6.45) is 0. The Kier molecular flexibility index (Phi) is 7.59. The van der Waals surface area contributed by atoms with Crippen LogP contribution in [0.1, 0.15) is 42.1 Å². The van der Waals surface area contributed by atoms with Crippen molar-refractivity contribution in [2.75, 3.05) is 13.6 Å². The molecular weight excluding hydrogens is 382 g/mol. The van der Waals surface area contributed by atoms with Crippen molar-refractivity contribution >= 4 is 5.91 Å². The highest BCUT2D eigenvalue weighted by atomic mass is 16.2. The van der Waals surface area contributed by atoms with Crippen LogP contribution in [-0.2, 0) is 11.3 Å². The van der Waals surface area contributed by atoms with E-state index in [0.29, 0.717) is 18.7 Å². The largest absolute Gasteiger partial charge is 0.334 e. The van der Waals surface area contributed by atoms with Gasteiger partial charge in [0, 0.05) is 19.6 Å². The number of hydrogen-bond donors (Lipinski definition) is 0. The number of carbonyl (C=O) groups is 1. The second-order valence-corrected chi connectivity index (χ2v) is 8.04. The number of likely N-dealkylation sites (N-methyl/N-ethyl adjacent to an activating group) is 1. The summed E-state index contributed by atoms with van der Waals surface area (Å²) < 4.78 is 0. The zero-order valence-electron chi connectivity index (χ0n) is 18.4. The van der Waals surface area contributed by atoms with E-state index in [2.05, 4.69) is 49.1 Å². The van der Waals surface area contributed by atoms with Gasteiger partial charge in [-0.2, -0.15) is 5.26 Å². The van der Waals surface area contributed by atoms with Crippen LogP contribution in [0.2, 0.25) is 0 Å². The zero-order chi connectivity index (χ0) is 22.2. The van der Waals surface area contributed by atoms with Crippen molar-refractivity contribution in [3.8, 4) is 6.07 Å². The van der Waals surface area contributed by atoms with E-state index in [4.69, 9.17) is 5.26 Å². The molecule has 0 aromatic heterocycles. The lowest BCUT2D eigenvalue weighted by atomic mass is 9.97. The monoisotopic (exact) mass is 411 g/mol. The number of carbonyl (C=O) groups excluding carboxylic acids is 1. The molecule has 3 rings (SSSR count). The van der Waals surface area contributed by atoms with Crippen LogP contribution in [0.3, 0.4) is 0 Å². The van der Waals surface area contributed by atoms with Crippen molar-refractivity contribution in [2.45, 2.75) is 32.5 Å². The molecule has 0 saturated heterocycles. The van der Waals surface area contributed by atoms with Crippen LogP contribution in [0.25, 0.3) is 0 Å². The predicted octanol–water partition coefficient (Wildman–Crippen LogP) is 5.02. The number of benzene rings is 3. The molecule has 3 aromatic rings. The molecule has 0 aliphatic rings. The van der Waals surface area contributed by atoms with Gasteiger partial charge in [-0.25, -0.2) is 0 Å². The minimum Gasteiger partial charge on any atom is -0.334 e. The lowest BCUT2D eigenvalue weighted by molar-refractivity contribution is -0.133. The van der Waals surface area contributed by atoms with Gasteiger partial charge in [-0.15, -0.1) is 0 Å². The van der Waals surface area contributed by atoms with E-state index in [1.54, 1.807) is 0 Å². The summed E-state index contributed by atoms with van der Waals surface area (Å²) in [5, 5.41) is 9.01. The molecule has 4 heteroatoms. The third kappa shape index (κ3) is 5.81. The average molecular weight is 412 g/mol. The first-order valence-electron chi connectivity index (χ1n) is 10.6. The molecule has 0 spiro atoms. The van der Waals surface area contributed by atoms with Crippen molar-refractivity contribution in [1.82, 2.24) is 9.80 Å². The van der Waals surface area contributed by atoms with Crippen molar-refractivity contribution in [3.63, 3.8) is 0 Å². The molecule has 0 saturated carbocycles. The Labute approximate surface area is 185 Å². The maximum Gasteiger partial charge on any atom is 0.237 e. The molecule has 0 fully saturated rings. The second kappa shape index (κ2) is 10.6. The Morgan fingerprint density at radius 3 is 1.84 bits per heavy atom. The first-order chi connectivity index (χ1) is 15.0. The highest BCUT2D eigenvalue weighted by Crippen LogP contribution is 2.27. The second-order valence-electron chi connectivity index (χ2n) is 8.04. The molecule has 0 N–H and O–H groups in total. The SMILES string of the molecule is CC(C)N(CC(=O)N(C)C(c1ccccc1)c1ccccc1)Cc1ccc(C#N)cc1. The van der Waals surface area contributed by atoms with Crippen molar-refractivity contribution in [3.05, 3.63) is 107 Å². The van der Waals surface area contributed by atoms with Gasteiger partial charge in [0.05, 0.1) is 24.2 Å². The molecule has 0 aliphatic heterocycles. The molecule has 0 aliphatic carbocycles. The highest BCUT2D eigenvalue weighted by Gasteiger charge is 2.25. The van der Waals surface area contributed by atoms with Crippen molar-refractivity contribution < 1.29 is 4.79 Å². The van der Waals surface area contributed by atoms with Gasteiger partial charge >= 0.3 is 0 Å². The Hall–Kier alpha value is -3.42. The van der Waals surface area contributed by atoms with Crippen LogP contribution in [0.4, 0.5) is 0 Å². The minimum atomic E-state index is -0.140. The fourth-order valence-electron chi connectivity index (χ4n) is 3.68. The van der Waals surface area contributed by atoms with Crippen LogP contribution in [0, 0.1) is 11.3 Å². The van der Waals surface area contributed by atoms with E-state index in [1.807, 2.05) is 72.6 Å². The molecule has 0 heterocycles. The van der Waals surface area contributed by atoms with Gasteiger partial charge in [0.2, 0.25) is 5.91 Å². The van der Waals surface area contributed by atoms with Gasteiger partial charge in [0.25, 0.3) is 0 Å². The fraction of sp³-hybridized carbons (Fsp3) is 0.259. The van der Waals surface area contributed by atoms with Crippen LogP contribution >= 0.6 is 0 Å². The molecule has 0 atom stereocenters. The van der Waals surface area contributed by atoms with E-state index in [-0.39, 0.29) is 18.0 Å². The third-order valence-corrected chi connectivity index (χ3v) is 5.55. The zero-order valence-corrected chi connectivity index (χ0v) is 18.4. The summed E-state index contributed by atoms with van der Waals surface area (Å²) in [6.45, 7) is 5.18. The fourth-order valence-corrected chi connectivity index (χ4v) is 3.68. The number of rotatable bonds is 8. The lowest BCUT2D eigenvalue weighted by Gasteiger charge is -2.33. The van der Waals surface area contributed by atoms with Gasteiger partial charge in [-0.1, -0.05) is 72.8 Å². The normalized spacial score (nSPS) is 11.0. The predicted molar refractivity (Wildman–Crippen MR) is 124 cm³/mol. The van der Waals surface area contributed by atoms with Gasteiger partial charge in [0.1, 0.15) is 0 Å². The van der Waals surface area contributed by atoms with E-state index in [0.717, 1.165) is 16.7 Å². The Morgan fingerprint density at radius 1 is 0.871 bits per heavy atom. The standard InChI is InChI=1S/C27H29N3O/c1-21(2)30(19-23-16-14-22(18-28)15-17-23)20-26(31)29(3)27(24-10-6-4-7-11-24)25-12-8-5-9-13-25/h4-17,21,27H,19-20H2,1-3H3. The van der Waals surface area contributed by atoms with E-state index < -0.39 is 0 Å². The number of hydrogen-bond acceptors (Lipinski definition) is 3. The van der Waals surface area contributed by atoms with Crippen LogP contribution in [0.15, 0.2) is 84.9 Å². The van der Waals surface area contributed by atoms with Gasteiger partial charge < -0.3 is 4.90 Å². The smallest absolute Gasteiger partial charge is 0.237 e. The maximum atomic E-state index is 13.4. The quantitative estimate of drug-likeness (QED) is 0.523. The third-order valence-electron chi connectivity index (χ3n) is 5.55. The van der Waals surface area contributed by atoms with E-state index in [9.17, 15) is 4.79 Å². The molecule has 0 bridgehead atoms. The molecule has 0 unspecified atom stereocenters. The Bertz CT molecular complexity index is 968. The van der Waals surface area contributed by atoms with Gasteiger partial charge in [-0.05, 0) is 42.7 Å². The van der Waals surface area contributed by atoms with Gasteiger partial charge in [-0.3, -0.25) is 9.69 Å². The van der Waals surface area contributed by atoms with Crippen LogP contribution in [-0.4, -0.2) is 35.3 Å². The molecule has 1 amide bonds. The summed E-state index contributed by atoms with van der Waals surface area (Å²) in [5.74, 6) is 0.0695. The minimum absolute atomic E-state index is 0.0695. The number of nitriles is 1. The Morgan fingerprint density at radius 2 is 1.39 bits per heavy atom. The summed E-state index contributed by atoms with van der Waals surface area (Å²) in [5.41, 5.74) is 3.91. The first-order valence-corrected chi connectivity index (χ1v) is 10.6. The number of amides is 1. The maximum absolute atomic E-state index is 13.4. The summed E-state index contributed by atoms with van der Waals surface area (Å²) >= 11 is 0. The van der Waals surface area contributed by atoms with E-state index in [1.165, 1.54) is 0 Å².